The van der Waals surface area contributed by atoms with Gasteiger partial charge in [-0.05, 0) is 92.6 Å². The topological polar surface area (TPSA) is 64.8 Å². The van der Waals surface area contributed by atoms with Gasteiger partial charge in [0.2, 0.25) is 0 Å². The number of aromatic nitrogens is 2. The third kappa shape index (κ3) is 3.40. The third-order valence-corrected chi connectivity index (χ3v) is 6.45. The highest BCUT2D eigenvalue weighted by Crippen LogP contribution is 2.35. The van der Waals surface area contributed by atoms with Crippen LogP contribution < -0.4 is 16.0 Å². The molecule has 150 valence electrons. The number of nitrogens with one attached hydrogen (secondary N) is 4. The first-order valence-electron chi connectivity index (χ1n) is 10.7. The number of hydrogen-bond donors (Lipinski definition) is 4. The molecule has 2 aromatic heterocycles. The molecular formula is C24H29N5. The zero-order chi connectivity index (χ0) is 19.8. The van der Waals surface area contributed by atoms with Crippen molar-refractivity contribution >= 4 is 33.8 Å². The Labute approximate surface area is 172 Å². The number of piperidine rings is 1. The molecule has 0 amide bonds. The summed E-state index contributed by atoms with van der Waals surface area (Å²) in [5, 5.41) is 11.5. The predicted molar refractivity (Wildman–Crippen MR) is 122 cm³/mol. The Morgan fingerprint density at radius 2 is 2.00 bits per heavy atom. The molecule has 0 atom stereocenters. The van der Waals surface area contributed by atoms with Crippen LogP contribution in [0.1, 0.15) is 36.1 Å². The Kier molecular flexibility index (Phi) is 4.76. The molecule has 5 rings (SSSR count). The standard InChI is InChI=1S/C24H29N5/c1-15(16-10-12-26-13-11-16)20-14-17(6-8-21(20)25-2)27-23-9-7-19-18-4-3-5-22(18)28-24(19)29-23/h6-9,14,16,25-26H,1,3-5,10-13H2,2H3,(H2,27,28,29). The molecule has 0 radical (unpaired) electrons. The average molecular weight is 388 g/mol. The Bertz CT molecular complexity index is 1060. The summed E-state index contributed by atoms with van der Waals surface area (Å²) in [4.78, 5) is 8.34. The number of aryl methyl sites for hydroxylation is 2. The molecule has 1 aliphatic heterocycles. The van der Waals surface area contributed by atoms with Crippen molar-refractivity contribution in [3.8, 4) is 0 Å². The molecule has 3 aromatic rings. The first-order chi connectivity index (χ1) is 14.2. The van der Waals surface area contributed by atoms with E-state index in [0.717, 1.165) is 61.6 Å². The summed E-state index contributed by atoms with van der Waals surface area (Å²) in [5.74, 6) is 1.41. The van der Waals surface area contributed by atoms with Crippen LogP contribution in [-0.4, -0.2) is 30.1 Å². The van der Waals surface area contributed by atoms with E-state index in [1.807, 2.05) is 7.05 Å². The molecule has 1 aliphatic carbocycles. The minimum Gasteiger partial charge on any atom is -0.388 e. The number of benzene rings is 1. The van der Waals surface area contributed by atoms with Crippen molar-refractivity contribution in [1.29, 1.82) is 0 Å². The van der Waals surface area contributed by atoms with Crippen LogP contribution in [0.3, 0.4) is 0 Å². The minimum absolute atomic E-state index is 0.536. The molecule has 1 fully saturated rings. The fourth-order valence-corrected chi connectivity index (χ4v) is 4.83. The molecule has 5 heteroatoms. The monoisotopic (exact) mass is 387 g/mol. The molecular weight excluding hydrogens is 358 g/mol. The second-order valence-electron chi connectivity index (χ2n) is 8.21. The van der Waals surface area contributed by atoms with Gasteiger partial charge in [0, 0.05) is 35.1 Å². The van der Waals surface area contributed by atoms with Gasteiger partial charge >= 0.3 is 0 Å². The van der Waals surface area contributed by atoms with Crippen LogP contribution >= 0.6 is 0 Å². The van der Waals surface area contributed by atoms with E-state index < -0.39 is 0 Å². The molecule has 0 bridgehead atoms. The first-order valence-corrected chi connectivity index (χ1v) is 10.7. The van der Waals surface area contributed by atoms with Gasteiger partial charge in [0.1, 0.15) is 11.5 Å². The van der Waals surface area contributed by atoms with Gasteiger partial charge in [-0.25, -0.2) is 4.98 Å². The lowest BCUT2D eigenvalue weighted by molar-refractivity contribution is 0.447. The van der Waals surface area contributed by atoms with Crippen LogP contribution in [0.5, 0.6) is 0 Å². The lowest BCUT2D eigenvalue weighted by Gasteiger charge is -2.26. The summed E-state index contributed by atoms with van der Waals surface area (Å²) in [7, 11) is 1.97. The van der Waals surface area contributed by atoms with E-state index in [4.69, 9.17) is 4.98 Å². The van der Waals surface area contributed by atoms with Gasteiger partial charge < -0.3 is 20.9 Å². The van der Waals surface area contributed by atoms with E-state index in [1.54, 1.807) is 0 Å². The quantitative estimate of drug-likeness (QED) is 0.505. The highest BCUT2D eigenvalue weighted by atomic mass is 15.0. The maximum Gasteiger partial charge on any atom is 0.140 e. The SMILES string of the molecule is C=C(c1cc(Nc2ccc3c4c([nH]c3n2)CCC4)ccc1NC)C1CCNCC1. The van der Waals surface area contributed by atoms with Crippen molar-refractivity contribution < 1.29 is 0 Å². The van der Waals surface area contributed by atoms with Gasteiger partial charge in [0.05, 0.1) is 0 Å². The summed E-state index contributed by atoms with van der Waals surface area (Å²) >= 11 is 0. The summed E-state index contributed by atoms with van der Waals surface area (Å²) in [6.45, 7) is 6.60. The molecule has 1 saturated heterocycles. The highest BCUT2D eigenvalue weighted by molar-refractivity contribution is 5.84. The number of rotatable bonds is 5. The maximum absolute atomic E-state index is 4.83. The van der Waals surface area contributed by atoms with E-state index in [2.05, 4.69) is 57.8 Å². The van der Waals surface area contributed by atoms with Crippen LogP contribution in [0.15, 0.2) is 36.9 Å². The molecule has 3 heterocycles. The Balaban J connectivity index is 1.42. The largest absolute Gasteiger partial charge is 0.388 e. The van der Waals surface area contributed by atoms with E-state index in [9.17, 15) is 0 Å². The maximum atomic E-state index is 4.83. The number of anilines is 3. The average Bonchev–Trinajstić information content (AvgIpc) is 3.35. The number of nitrogens with zero attached hydrogens (tertiary/aromatic N) is 1. The van der Waals surface area contributed by atoms with E-state index in [0.29, 0.717) is 5.92 Å². The summed E-state index contributed by atoms with van der Waals surface area (Å²) in [6, 6.07) is 10.7. The molecule has 0 saturated carbocycles. The van der Waals surface area contributed by atoms with Crippen molar-refractivity contribution in [2.24, 2.45) is 5.92 Å². The lowest BCUT2D eigenvalue weighted by Crippen LogP contribution is -2.28. The predicted octanol–water partition coefficient (Wildman–Crippen LogP) is 4.85. The second-order valence-corrected chi connectivity index (χ2v) is 8.21. The number of fused-ring (bicyclic) bond motifs is 3. The van der Waals surface area contributed by atoms with Gasteiger partial charge in [-0.2, -0.15) is 0 Å². The first kappa shape index (κ1) is 18.3. The van der Waals surface area contributed by atoms with Crippen molar-refractivity contribution in [2.75, 3.05) is 30.8 Å². The van der Waals surface area contributed by atoms with E-state index >= 15 is 0 Å². The summed E-state index contributed by atoms with van der Waals surface area (Å²) in [5.41, 5.74) is 8.41. The Morgan fingerprint density at radius 3 is 2.83 bits per heavy atom. The molecule has 29 heavy (non-hydrogen) atoms. The lowest BCUT2D eigenvalue weighted by atomic mass is 9.86. The van der Waals surface area contributed by atoms with Crippen LogP contribution in [0.2, 0.25) is 0 Å². The molecule has 0 spiro atoms. The van der Waals surface area contributed by atoms with Crippen LogP contribution in [0, 0.1) is 5.92 Å². The Morgan fingerprint density at radius 1 is 1.14 bits per heavy atom. The smallest absolute Gasteiger partial charge is 0.140 e. The van der Waals surface area contributed by atoms with Gasteiger partial charge in [-0.3, -0.25) is 0 Å². The molecule has 4 N–H and O–H groups in total. The highest BCUT2D eigenvalue weighted by Gasteiger charge is 2.20. The minimum atomic E-state index is 0.536. The third-order valence-electron chi connectivity index (χ3n) is 6.45. The molecule has 2 aliphatic rings. The number of H-pyrrole nitrogens is 1. The van der Waals surface area contributed by atoms with Crippen molar-refractivity contribution in [3.05, 3.63) is 53.7 Å². The van der Waals surface area contributed by atoms with Crippen LogP contribution in [0.4, 0.5) is 17.2 Å². The van der Waals surface area contributed by atoms with Crippen molar-refractivity contribution in [2.45, 2.75) is 32.1 Å². The Hall–Kier alpha value is -2.79. The number of aromatic amines is 1. The second kappa shape index (κ2) is 7.56. The fourth-order valence-electron chi connectivity index (χ4n) is 4.83. The normalized spacial score (nSPS) is 16.7. The zero-order valence-corrected chi connectivity index (χ0v) is 17.1. The van der Waals surface area contributed by atoms with Gasteiger partial charge in [0.15, 0.2) is 0 Å². The zero-order valence-electron chi connectivity index (χ0n) is 17.1. The molecule has 0 unspecified atom stereocenters. The van der Waals surface area contributed by atoms with Gasteiger partial charge in [-0.1, -0.05) is 6.58 Å². The van der Waals surface area contributed by atoms with Crippen LogP contribution in [0.25, 0.3) is 16.6 Å². The fraction of sp³-hybridized carbons (Fsp3) is 0.375. The van der Waals surface area contributed by atoms with E-state index in [-0.39, 0.29) is 0 Å². The van der Waals surface area contributed by atoms with Crippen molar-refractivity contribution in [1.82, 2.24) is 15.3 Å². The van der Waals surface area contributed by atoms with E-state index in [1.165, 1.54) is 34.2 Å². The summed E-state index contributed by atoms with van der Waals surface area (Å²) in [6.07, 6.45) is 5.85. The molecule has 5 nitrogen and oxygen atoms in total. The van der Waals surface area contributed by atoms with Gasteiger partial charge in [0.25, 0.3) is 0 Å². The van der Waals surface area contributed by atoms with Crippen LogP contribution in [-0.2, 0) is 12.8 Å². The number of hydrogen-bond acceptors (Lipinski definition) is 4. The number of pyridine rings is 1. The summed E-state index contributed by atoms with van der Waals surface area (Å²) < 4.78 is 0. The van der Waals surface area contributed by atoms with Crippen molar-refractivity contribution in [3.63, 3.8) is 0 Å². The number of allylic oxidation sites excluding steroid dienone is 1. The molecule has 1 aromatic carbocycles. The van der Waals surface area contributed by atoms with Gasteiger partial charge in [-0.15, -0.1) is 0 Å².